The van der Waals surface area contributed by atoms with Gasteiger partial charge in [0.1, 0.15) is 46.0 Å². The lowest BCUT2D eigenvalue weighted by atomic mass is 9.79. The Labute approximate surface area is 186 Å². The van der Waals surface area contributed by atoms with Crippen molar-refractivity contribution in [2.45, 2.75) is 57.8 Å². The van der Waals surface area contributed by atoms with Crippen LogP contribution in [0.1, 0.15) is 68.1 Å². The number of rotatable bonds is 4. The van der Waals surface area contributed by atoms with Gasteiger partial charge < -0.3 is 29.9 Å². The second-order valence-corrected chi connectivity index (χ2v) is 9.65. The number of benzene rings is 2. The van der Waals surface area contributed by atoms with Crippen LogP contribution in [0.3, 0.4) is 0 Å². The number of phenols is 3. The molecule has 7 heteroatoms. The van der Waals surface area contributed by atoms with Crippen molar-refractivity contribution in [3.05, 3.63) is 47.0 Å². The summed E-state index contributed by atoms with van der Waals surface area (Å²) in [6, 6.07) is 5.53. The quantitative estimate of drug-likeness (QED) is 0.554. The van der Waals surface area contributed by atoms with Gasteiger partial charge in [0, 0.05) is 17.7 Å². The van der Waals surface area contributed by atoms with Gasteiger partial charge in [0.25, 0.3) is 0 Å². The van der Waals surface area contributed by atoms with Gasteiger partial charge in [0.2, 0.25) is 0 Å². The minimum atomic E-state index is -1.01. The summed E-state index contributed by atoms with van der Waals surface area (Å²) in [5, 5.41) is 41.1. The Morgan fingerprint density at radius 3 is 2.47 bits per heavy atom. The molecule has 0 bridgehead atoms. The van der Waals surface area contributed by atoms with Crippen LogP contribution in [0.25, 0.3) is 6.08 Å². The van der Waals surface area contributed by atoms with E-state index in [1.807, 2.05) is 19.9 Å². The molecule has 0 aromatic heterocycles. The Bertz CT molecular complexity index is 1110. The molecule has 2 atom stereocenters. The number of Topliss-reactive ketones (excluding diaryl/α,β-unsaturated/α-hetero) is 1. The zero-order valence-corrected chi connectivity index (χ0v) is 18.5. The van der Waals surface area contributed by atoms with Crippen LogP contribution in [-0.2, 0) is 0 Å². The predicted octanol–water partition coefficient (Wildman–Crippen LogP) is 4.47. The summed E-state index contributed by atoms with van der Waals surface area (Å²) in [6.07, 6.45) is 3.33. The van der Waals surface area contributed by atoms with Gasteiger partial charge >= 0.3 is 0 Å². The molecule has 7 nitrogen and oxygen atoms in total. The largest absolute Gasteiger partial charge is 0.508 e. The number of fused-ring (bicyclic) bond motifs is 3. The van der Waals surface area contributed by atoms with Gasteiger partial charge in [-0.3, -0.25) is 4.79 Å². The number of aromatic hydroxyl groups is 3. The molecule has 0 fully saturated rings. The van der Waals surface area contributed by atoms with E-state index < -0.39 is 23.2 Å². The zero-order chi connectivity index (χ0) is 23.4. The van der Waals surface area contributed by atoms with E-state index in [9.17, 15) is 25.2 Å². The highest BCUT2D eigenvalue weighted by Gasteiger charge is 2.43. The van der Waals surface area contributed by atoms with Crippen LogP contribution in [0.5, 0.6) is 28.7 Å². The maximum atomic E-state index is 13.6. The molecule has 170 valence electrons. The molecule has 0 amide bonds. The highest BCUT2D eigenvalue weighted by atomic mass is 16.5. The second kappa shape index (κ2) is 7.45. The number of hydrogen-bond donors (Lipinski definition) is 4. The number of ketones is 1. The number of hydrogen-bond acceptors (Lipinski definition) is 7. The average molecular weight is 440 g/mol. The molecule has 0 saturated carbocycles. The minimum Gasteiger partial charge on any atom is -0.508 e. The molecular weight excluding hydrogens is 412 g/mol. The summed E-state index contributed by atoms with van der Waals surface area (Å²) < 4.78 is 12.2. The third-order valence-electron chi connectivity index (χ3n) is 5.87. The van der Waals surface area contributed by atoms with E-state index in [1.165, 1.54) is 24.3 Å². The van der Waals surface area contributed by atoms with Crippen molar-refractivity contribution in [3.8, 4) is 28.7 Å². The van der Waals surface area contributed by atoms with Crippen molar-refractivity contribution >= 4 is 11.9 Å². The molecule has 4 N–H and O–H groups in total. The first-order chi connectivity index (χ1) is 14.9. The Kier molecular flexibility index (Phi) is 5.12. The fourth-order valence-corrected chi connectivity index (χ4v) is 4.22. The molecule has 2 heterocycles. The van der Waals surface area contributed by atoms with E-state index in [0.717, 1.165) is 0 Å². The van der Waals surface area contributed by atoms with Gasteiger partial charge in [-0.25, -0.2) is 0 Å². The van der Waals surface area contributed by atoms with E-state index in [4.69, 9.17) is 9.47 Å². The van der Waals surface area contributed by atoms with Crippen LogP contribution in [0.2, 0.25) is 0 Å². The van der Waals surface area contributed by atoms with Gasteiger partial charge in [0.15, 0.2) is 5.78 Å². The van der Waals surface area contributed by atoms with Crippen LogP contribution < -0.4 is 9.47 Å². The Morgan fingerprint density at radius 2 is 1.81 bits per heavy atom. The number of carbonyl (C=O) groups excluding carboxylic acids is 1. The monoisotopic (exact) mass is 440 g/mol. The van der Waals surface area contributed by atoms with Crippen molar-refractivity contribution in [3.63, 3.8) is 0 Å². The minimum absolute atomic E-state index is 0.0620. The van der Waals surface area contributed by atoms with Crippen LogP contribution in [-0.4, -0.2) is 37.4 Å². The molecule has 0 aliphatic carbocycles. The van der Waals surface area contributed by atoms with E-state index in [0.29, 0.717) is 23.3 Å². The summed E-state index contributed by atoms with van der Waals surface area (Å²) in [5.74, 6) is -1.09. The van der Waals surface area contributed by atoms with Crippen LogP contribution >= 0.6 is 0 Å². The Morgan fingerprint density at radius 1 is 1.09 bits per heavy atom. The molecule has 2 aliphatic heterocycles. The standard InChI is InChI=1S/C25H28O7/c1-24(2,30)9-7-16-21(29)20-18(28)12-19-15(8-10-25(3,4)32-19)23(20)31-22(16)14-6-5-13(26)11-17(14)27/h5-6,8,10-12,16,22,26-28,30H,7,9H2,1-4H3/t16-,22+/m0/s1. The average Bonchev–Trinajstić information content (AvgIpc) is 2.65. The van der Waals surface area contributed by atoms with Crippen molar-refractivity contribution in [2.24, 2.45) is 5.92 Å². The van der Waals surface area contributed by atoms with E-state index >= 15 is 0 Å². The molecule has 0 saturated heterocycles. The maximum Gasteiger partial charge on any atom is 0.177 e. The third-order valence-corrected chi connectivity index (χ3v) is 5.87. The van der Waals surface area contributed by atoms with E-state index in [-0.39, 0.29) is 40.8 Å². The van der Waals surface area contributed by atoms with Crippen molar-refractivity contribution in [2.75, 3.05) is 0 Å². The summed E-state index contributed by atoms with van der Waals surface area (Å²) in [4.78, 5) is 13.6. The molecule has 2 aromatic rings. The third kappa shape index (κ3) is 4.00. The number of ether oxygens (including phenoxy) is 2. The Balaban J connectivity index is 1.86. The van der Waals surface area contributed by atoms with Crippen LogP contribution in [0.4, 0.5) is 0 Å². The number of carbonyl (C=O) groups is 1. The second-order valence-electron chi connectivity index (χ2n) is 9.65. The first-order valence-corrected chi connectivity index (χ1v) is 10.6. The summed E-state index contributed by atoms with van der Waals surface area (Å²) in [5.41, 5.74) is -0.666. The van der Waals surface area contributed by atoms with Gasteiger partial charge in [-0.2, -0.15) is 0 Å². The SMILES string of the molecule is CC(C)(O)CC[C@H]1C(=O)c2c(O)cc3c(c2O[C@@H]1c1ccc(O)cc1O)C=CC(C)(C)O3. The van der Waals surface area contributed by atoms with Crippen molar-refractivity contribution in [1.29, 1.82) is 0 Å². The number of phenolic OH excluding ortho intramolecular Hbond substituents is 3. The summed E-state index contributed by atoms with van der Waals surface area (Å²) in [7, 11) is 0. The van der Waals surface area contributed by atoms with Gasteiger partial charge in [0.05, 0.1) is 17.1 Å². The molecule has 0 unspecified atom stereocenters. The van der Waals surface area contributed by atoms with Crippen molar-refractivity contribution < 1.29 is 34.7 Å². The van der Waals surface area contributed by atoms with Crippen LogP contribution in [0, 0.1) is 5.92 Å². The molecule has 32 heavy (non-hydrogen) atoms. The van der Waals surface area contributed by atoms with E-state index in [2.05, 4.69) is 0 Å². The fourth-order valence-electron chi connectivity index (χ4n) is 4.22. The highest BCUT2D eigenvalue weighted by Crippen LogP contribution is 2.51. The molecule has 2 aliphatic rings. The first-order valence-electron chi connectivity index (χ1n) is 10.6. The zero-order valence-electron chi connectivity index (χ0n) is 18.5. The van der Waals surface area contributed by atoms with Crippen LogP contribution in [0.15, 0.2) is 30.3 Å². The van der Waals surface area contributed by atoms with Gasteiger partial charge in [-0.05, 0) is 64.8 Å². The summed E-state index contributed by atoms with van der Waals surface area (Å²) in [6.45, 7) is 7.05. The van der Waals surface area contributed by atoms with Gasteiger partial charge in [-0.15, -0.1) is 0 Å². The predicted molar refractivity (Wildman–Crippen MR) is 118 cm³/mol. The van der Waals surface area contributed by atoms with Crippen molar-refractivity contribution in [1.82, 2.24) is 0 Å². The lowest BCUT2D eigenvalue weighted by molar-refractivity contribution is 0.0396. The molecule has 2 aromatic carbocycles. The lowest BCUT2D eigenvalue weighted by Crippen LogP contribution is -2.35. The topological polar surface area (TPSA) is 116 Å². The fraction of sp³-hybridized carbons (Fsp3) is 0.400. The van der Waals surface area contributed by atoms with Gasteiger partial charge in [-0.1, -0.05) is 0 Å². The molecular formula is C25H28O7. The first kappa shape index (κ1) is 22.0. The lowest BCUT2D eigenvalue weighted by Gasteiger charge is -2.37. The maximum absolute atomic E-state index is 13.6. The normalized spacial score (nSPS) is 21.3. The summed E-state index contributed by atoms with van der Waals surface area (Å²) >= 11 is 0. The molecule has 0 spiro atoms. The smallest absolute Gasteiger partial charge is 0.177 e. The number of aliphatic hydroxyl groups is 1. The molecule has 0 radical (unpaired) electrons. The molecule has 4 rings (SSSR count). The van der Waals surface area contributed by atoms with E-state index in [1.54, 1.807) is 19.9 Å². The Hall–Kier alpha value is -3.19. The highest BCUT2D eigenvalue weighted by molar-refractivity contribution is 6.05.